The fraction of sp³-hybridized carbons (Fsp3) is 0.263. The van der Waals surface area contributed by atoms with Crippen LogP contribution in [0.15, 0.2) is 51.3 Å². The third kappa shape index (κ3) is 3.61. The van der Waals surface area contributed by atoms with Crippen molar-refractivity contribution in [1.29, 1.82) is 0 Å². The van der Waals surface area contributed by atoms with Gasteiger partial charge in [0, 0.05) is 31.7 Å². The number of aromatic nitrogens is 1. The summed E-state index contributed by atoms with van der Waals surface area (Å²) in [5.74, 6) is 0.00923. The van der Waals surface area contributed by atoms with E-state index in [0.717, 1.165) is 21.8 Å². The van der Waals surface area contributed by atoms with Gasteiger partial charge < -0.3 is 4.74 Å². The molecule has 0 amide bonds. The Morgan fingerprint density at radius 1 is 1.36 bits per heavy atom. The first-order valence-electron chi connectivity index (χ1n) is 8.13. The van der Waals surface area contributed by atoms with Crippen LogP contribution in [0.25, 0.3) is 21.3 Å². The Labute approximate surface area is 162 Å². The fourth-order valence-electron chi connectivity index (χ4n) is 2.81. The summed E-state index contributed by atoms with van der Waals surface area (Å²) in [6, 6.07) is 12.5. The van der Waals surface area contributed by atoms with Gasteiger partial charge in [-0.3, -0.25) is 9.78 Å². The Balaban J connectivity index is 1.55. The average Bonchev–Trinajstić information content (AvgIpc) is 3.22. The zero-order chi connectivity index (χ0) is 17.4. The highest BCUT2D eigenvalue weighted by Crippen LogP contribution is 2.48. The van der Waals surface area contributed by atoms with E-state index in [0.29, 0.717) is 11.9 Å². The van der Waals surface area contributed by atoms with Crippen molar-refractivity contribution in [3.8, 4) is 10.4 Å². The van der Waals surface area contributed by atoms with Crippen LogP contribution >= 0.6 is 39.0 Å². The lowest BCUT2D eigenvalue weighted by atomic mass is 10.1. The molecular weight excluding hydrogens is 418 g/mol. The van der Waals surface area contributed by atoms with Crippen molar-refractivity contribution in [2.45, 2.75) is 22.8 Å². The molecule has 0 N–H and O–H groups in total. The number of esters is 1. The number of thiophene rings is 1. The van der Waals surface area contributed by atoms with Gasteiger partial charge in [-0.1, -0.05) is 15.9 Å². The van der Waals surface area contributed by atoms with Gasteiger partial charge in [-0.25, -0.2) is 0 Å². The number of carbonyl (C=O) groups is 1. The first-order chi connectivity index (χ1) is 12.2. The van der Waals surface area contributed by atoms with Gasteiger partial charge >= 0.3 is 5.97 Å². The molecule has 1 aliphatic carbocycles. The van der Waals surface area contributed by atoms with Crippen molar-refractivity contribution < 1.29 is 9.53 Å². The molecule has 3 aromatic rings. The van der Waals surface area contributed by atoms with Crippen LogP contribution in [0.1, 0.15) is 13.3 Å². The number of thioether (sulfide) groups is 1. The number of hydrogen-bond donors (Lipinski definition) is 0. The van der Waals surface area contributed by atoms with Crippen molar-refractivity contribution in [1.82, 2.24) is 4.98 Å². The molecule has 25 heavy (non-hydrogen) atoms. The lowest BCUT2D eigenvalue weighted by Gasteiger charge is -2.04. The molecule has 0 spiro atoms. The first-order valence-corrected chi connectivity index (χ1v) is 10.6. The Kier molecular flexibility index (Phi) is 4.84. The summed E-state index contributed by atoms with van der Waals surface area (Å²) >= 11 is 7.10. The third-order valence-electron chi connectivity index (χ3n) is 4.14. The van der Waals surface area contributed by atoms with Crippen LogP contribution in [-0.4, -0.2) is 22.8 Å². The minimum Gasteiger partial charge on any atom is -0.466 e. The summed E-state index contributed by atoms with van der Waals surface area (Å²) in [5, 5.41) is 1.50. The molecule has 6 heteroatoms. The quantitative estimate of drug-likeness (QED) is 0.478. The SMILES string of the molecule is CCOC(=O)C1CC1Sc1ccc(-c2ccnc3ccc(Br)cc23)s1. The van der Waals surface area contributed by atoms with Gasteiger partial charge in [-0.05, 0) is 49.7 Å². The van der Waals surface area contributed by atoms with Gasteiger partial charge in [0.15, 0.2) is 0 Å². The Hall–Kier alpha value is -1.37. The van der Waals surface area contributed by atoms with Gasteiger partial charge in [0.05, 0.1) is 22.3 Å². The molecule has 4 rings (SSSR count). The van der Waals surface area contributed by atoms with Crippen LogP contribution in [0.5, 0.6) is 0 Å². The molecule has 0 radical (unpaired) electrons. The number of halogens is 1. The van der Waals surface area contributed by atoms with E-state index in [1.54, 1.807) is 23.1 Å². The molecule has 1 aromatic carbocycles. The second-order valence-electron chi connectivity index (χ2n) is 5.89. The predicted molar refractivity (Wildman–Crippen MR) is 107 cm³/mol. The second-order valence-corrected chi connectivity index (χ2v) is 9.43. The lowest BCUT2D eigenvalue weighted by molar-refractivity contribution is -0.144. The summed E-state index contributed by atoms with van der Waals surface area (Å²) in [4.78, 5) is 17.4. The minimum absolute atomic E-state index is 0.0539. The highest BCUT2D eigenvalue weighted by Gasteiger charge is 2.45. The Morgan fingerprint density at radius 2 is 2.24 bits per heavy atom. The molecule has 0 aliphatic heterocycles. The number of benzene rings is 1. The number of carbonyl (C=O) groups excluding carboxylic acids is 1. The van der Waals surface area contributed by atoms with E-state index in [2.05, 4.69) is 45.2 Å². The third-order valence-corrected chi connectivity index (χ3v) is 7.28. The van der Waals surface area contributed by atoms with Gasteiger partial charge in [-0.2, -0.15) is 0 Å². The monoisotopic (exact) mass is 433 g/mol. The molecule has 2 unspecified atom stereocenters. The van der Waals surface area contributed by atoms with E-state index in [1.807, 2.05) is 25.3 Å². The normalized spacial score (nSPS) is 19.1. The first kappa shape index (κ1) is 17.1. The zero-order valence-electron chi connectivity index (χ0n) is 13.6. The van der Waals surface area contributed by atoms with Crippen molar-refractivity contribution in [3.63, 3.8) is 0 Å². The van der Waals surface area contributed by atoms with E-state index < -0.39 is 0 Å². The molecule has 2 heterocycles. The van der Waals surface area contributed by atoms with E-state index in [-0.39, 0.29) is 11.9 Å². The molecule has 1 saturated carbocycles. The Bertz CT molecular complexity index is 940. The van der Waals surface area contributed by atoms with Crippen LogP contribution in [0.3, 0.4) is 0 Å². The van der Waals surface area contributed by atoms with Crippen LogP contribution in [0.4, 0.5) is 0 Å². The zero-order valence-corrected chi connectivity index (χ0v) is 16.8. The maximum atomic E-state index is 11.8. The number of ether oxygens (including phenoxy) is 1. The molecule has 0 bridgehead atoms. The van der Waals surface area contributed by atoms with Crippen molar-refractivity contribution in [3.05, 3.63) is 47.1 Å². The van der Waals surface area contributed by atoms with Gasteiger partial charge in [-0.15, -0.1) is 23.1 Å². The van der Waals surface area contributed by atoms with Crippen LogP contribution in [0, 0.1) is 5.92 Å². The van der Waals surface area contributed by atoms with Crippen molar-refractivity contribution >= 4 is 55.9 Å². The molecule has 128 valence electrons. The topological polar surface area (TPSA) is 39.2 Å². The summed E-state index contributed by atoms with van der Waals surface area (Å²) in [7, 11) is 0. The van der Waals surface area contributed by atoms with Gasteiger partial charge in [0.25, 0.3) is 0 Å². The molecule has 2 aromatic heterocycles. The molecular formula is C19H16BrNO2S2. The highest BCUT2D eigenvalue weighted by molar-refractivity contribution is 9.10. The smallest absolute Gasteiger partial charge is 0.310 e. The summed E-state index contributed by atoms with van der Waals surface area (Å²) in [6.07, 6.45) is 2.78. The molecule has 0 saturated heterocycles. The number of rotatable bonds is 5. The van der Waals surface area contributed by atoms with E-state index >= 15 is 0 Å². The van der Waals surface area contributed by atoms with Crippen LogP contribution in [0.2, 0.25) is 0 Å². The average molecular weight is 434 g/mol. The summed E-state index contributed by atoms with van der Waals surface area (Å²) < 4.78 is 7.40. The maximum Gasteiger partial charge on any atom is 0.310 e. The molecule has 2 atom stereocenters. The molecule has 3 nitrogen and oxygen atoms in total. The largest absolute Gasteiger partial charge is 0.466 e. The maximum absolute atomic E-state index is 11.8. The van der Waals surface area contributed by atoms with Crippen molar-refractivity contribution in [2.75, 3.05) is 6.61 Å². The van der Waals surface area contributed by atoms with Crippen LogP contribution < -0.4 is 0 Å². The standard InChI is InChI=1S/C19H16BrNO2S2/c1-2-23-19(22)14-10-17(14)25-18-6-5-16(24-18)12-7-8-21-15-4-3-11(20)9-13(12)15/h3-9,14,17H,2,10H2,1H3. The van der Waals surface area contributed by atoms with E-state index in [9.17, 15) is 4.79 Å². The van der Waals surface area contributed by atoms with Crippen LogP contribution in [-0.2, 0) is 9.53 Å². The highest BCUT2D eigenvalue weighted by atomic mass is 79.9. The molecule has 1 fully saturated rings. The predicted octanol–water partition coefficient (Wildman–Crippen LogP) is 5.77. The summed E-state index contributed by atoms with van der Waals surface area (Å²) in [5.41, 5.74) is 2.19. The number of pyridine rings is 1. The van der Waals surface area contributed by atoms with E-state index in [1.165, 1.54) is 14.6 Å². The number of nitrogens with zero attached hydrogens (tertiary/aromatic N) is 1. The Morgan fingerprint density at radius 3 is 3.08 bits per heavy atom. The summed E-state index contributed by atoms with van der Waals surface area (Å²) in [6.45, 7) is 2.31. The van der Waals surface area contributed by atoms with E-state index in [4.69, 9.17) is 4.74 Å². The molecule has 1 aliphatic rings. The minimum atomic E-state index is -0.0539. The van der Waals surface area contributed by atoms with Gasteiger partial charge in [0.2, 0.25) is 0 Å². The second kappa shape index (κ2) is 7.09. The van der Waals surface area contributed by atoms with Gasteiger partial charge in [0.1, 0.15) is 0 Å². The number of hydrogen-bond acceptors (Lipinski definition) is 5. The fourth-order valence-corrected chi connectivity index (χ4v) is 5.80. The number of fused-ring (bicyclic) bond motifs is 1. The van der Waals surface area contributed by atoms with Crippen molar-refractivity contribution in [2.24, 2.45) is 5.92 Å². The lowest BCUT2D eigenvalue weighted by Crippen LogP contribution is -2.07.